The molecule has 2 aromatic heterocycles. The maximum absolute atomic E-state index is 10.5. The predicted octanol–water partition coefficient (Wildman–Crippen LogP) is 5.06. The number of fused-ring (bicyclic) bond motifs is 1. The van der Waals surface area contributed by atoms with E-state index in [2.05, 4.69) is 42.2 Å². The molecule has 0 unspecified atom stereocenters. The number of hydrogen-bond acceptors (Lipinski definition) is 4. The highest BCUT2D eigenvalue weighted by molar-refractivity contribution is 7.13. The summed E-state index contributed by atoms with van der Waals surface area (Å²) in [6, 6.07) is 6.07. The molecule has 0 bridgehead atoms. The van der Waals surface area contributed by atoms with Gasteiger partial charge in [0.25, 0.3) is 0 Å². The van der Waals surface area contributed by atoms with Gasteiger partial charge in [-0.3, -0.25) is 0 Å². The van der Waals surface area contributed by atoms with Gasteiger partial charge in [-0.2, -0.15) is 0 Å². The summed E-state index contributed by atoms with van der Waals surface area (Å²) in [6.07, 6.45) is 0.793. The second-order valence-electron chi connectivity index (χ2n) is 5.88. The van der Waals surface area contributed by atoms with E-state index in [1.54, 1.807) is 11.3 Å². The Morgan fingerprint density at radius 2 is 2.00 bits per heavy atom. The largest absolute Gasteiger partial charge is 0.505 e. The van der Waals surface area contributed by atoms with Crippen molar-refractivity contribution in [2.45, 2.75) is 40.0 Å². The Labute approximate surface area is 134 Å². The quantitative estimate of drug-likeness (QED) is 0.735. The van der Waals surface area contributed by atoms with E-state index in [1.807, 2.05) is 19.1 Å². The van der Waals surface area contributed by atoms with Gasteiger partial charge >= 0.3 is 0 Å². The van der Waals surface area contributed by atoms with E-state index >= 15 is 0 Å². The van der Waals surface area contributed by atoms with Crippen molar-refractivity contribution >= 4 is 22.2 Å². The highest BCUT2D eigenvalue weighted by Gasteiger charge is 2.14. The standard InChI is InChI=1S/C18H20N2OS/c1-5-12-6-7-13-11(4)8-14(19-16(13)17(12)21)18-20-15(9-22-18)10(2)3/h6-10,21H,5H2,1-4H3. The second-order valence-corrected chi connectivity index (χ2v) is 6.74. The maximum Gasteiger partial charge on any atom is 0.145 e. The minimum absolute atomic E-state index is 0.297. The van der Waals surface area contributed by atoms with Crippen molar-refractivity contribution in [2.75, 3.05) is 0 Å². The van der Waals surface area contributed by atoms with E-state index < -0.39 is 0 Å². The third-order valence-corrected chi connectivity index (χ3v) is 4.84. The number of thiazole rings is 1. The summed E-state index contributed by atoms with van der Waals surface area (Å²) in [5.41, 5.74) is 4.64. The highest BCUT2D eigenvalue weighted by atomic mass is 32.1. The van der Waals surface area contributed by atoms with Gasteiger partial charge in [0.1, 0.15) is 22.0 Å². The summed E-state index contributed by atoms with van der Waals surface area (Å²) in [6.45, 7) is 8.36. The molecular weight excluding hydrogens is 292 g/mol. The Morgan fingerprint density at radius 1 is 1.23 bits per heavy atom. The number of nitrogens with zero attached hydrogens (tertiary/aromatic N) is 2. The van der Waals surface area contributed by atoms with Crippen LogP contribution in [0.4, 0.5) is 0 Å². The summed E-state index contributed by atoms with van der Waals surface area (Å²) in [5.74, 6) is 0.706. The number of rotatable bonds is 3. The third kappa shape index (κ3) is 2.48. The number of hydrogen-bond donors (Lipinski definition) is 1. The molecule has 0 fully saturated rings. The van der Waals surface area contributed by atoms with Crippen LogP contribution in [0.2, 0.25) is 0 Å². The number of aromatic hydroxyl groups is 1. The molecule has 1 N–H and O–H groups in total. The van der Waals surface area contributed by atoms with Crippen molar-refractivity contribution in [2.24, 2.45) is 0 Å². The normalized spacial score (nSPS) is 11.5. The van der Waals surface area contributed by atoms with E-state index in [-0.39, 0.29) is 0 Å². The molecule has 0 aliphatic rings. The smallest absolute Gasteiger partial charge is 0.145 e. The van der Waals surface area contributed by atoms with Crippen LogP contribution in [0.1, 0.15) is 43.5 Å². The first-order valence-electron chi connectivity index (χ1n) is 7.59. The summed E-state index contributed by atoms with van der Waals surface area (Å²) >= 11 is 1.61. The predicted molar refractivity (Wildman–Crippen MR) is 92.7 cm³/mol. The van der Waals surface area contributed by atoms with E-state index in [9.17, 15) is 5.11 Å². The molecule has 4 heteroatoms. The van der Waals surface area contributed by atoms with Crippen LogP contribution >= 0.6 is 11.3 Å². The van der Waals surface area contributed by atoms with Crippen molar-refractivity contribution in [3.05, 3.63) is 40.4 Å². The van der Waals surface area contributed by atoms with Gasteiger partial charge in [-0.15, -0.1) is 11.3 Å². The van der Waals surface area contributed by atoms with Crippen molar-refractivity contribution < 1.29 is 5.11 Å². The van der Waals surface area contributed by atoms with E-state index in [4.69, 9.17) is 0 Å². The number of aromatic nitrogens is 2. The van der Waals surface area contributed by atoms with Crippen LogP contribution in [0, 0.1) is 6.92 Å². The maximum atomic E-state index is 10.5. The molecule has 1 aromatic carbocycles. The molecule has 0 radical (unpaired) electrons. The molecule has 3 nitrogen and oxygen atoms in total. The summed E-state index contributed by atoms with van der Waals surface area (Å²) in [4.78, 5) is 9.36. The minimum atomic E-state index is 0.297. The molecule has 0 saturated carbocycles. The Bertz CT molecular complexity index is 836. The molecule has 114 valence electrons. The first-order chi connectivity index (χ1) is 10.5. The van der Waals surface area contributed by atoms with Crippen LogP contribution in [-0.4, -0.2) is 15.1 Å². The lowest BCUT2D eigenvalue weighted by atomic mass is 10.0. The lowest BCUT2D eigenvalue weighted by molar-refractivity contribution is 0.474. The zero-order valence-corrected chi connectivity index (χ0v) is 14.2. The van der Waals surface area contributed by atoms with Crippen LogP contribution in [0.25, 0.3) is 21.6 Å². The fourth-order valence-corrected chi connectivity index (χ4v) is 3.49. The number of phenolic OH excluding ortho intramolecular Hbond substituents is 1. The summed E-state index contributed by atoms with van der Waals surface area (Å²) < 4.78 is 0. The Kier molecular flexibility index (Phi) is 3.87. The van der Waals surface area contributed by atoms with Gasteiger partial charge < -0.3 is 5.11 Å². The van der Waals surface area contributed by atoms with Crippen LogP contribution in [0.15, 0.2) is 23.6 Å². The van der Waals surface area contributed by atoms with Crippen molar-refractivity contribution in [1.82, 2.24) is 9.97 Å². The van der Waals surface area contributed by atoms with Crippen molar-refractivity contribution in [3.8, 4) is 16.5 Å². The van der Waals surface area contributed by atoms with Gasteiger partial charge in [-0.1, -0.05) is 32.9 Å². The van der Waals surface area contributed by atoms with Gasteiger partial charge in [-0.05, 0) is 36.5 Å². The van der Waals surface area contributed by atoms with Crippen LogP contribution in [-0.2, 0) is 6.42 Å². The van der Waals surface area contributed by atoms with Crippen molar-refractivity contribution in [3.63, 3.8) is 0 Å². The molecule has 0 atom stereocenters. The molecule has 3 rings (SSSR count). The minimum Gasteiger partial charge on any atom is -0.505 e. The second kappa shape index (κ2) is 5.69. The fourth-order valence-electron chi connectivity index (χ4n) is 2.55. The van der Waals surface area contributed by atoms with Crippen LogP contribution in [0.3, 0.4) is 0 Å². The van der Waals surface area contributed by atoms with Gasteiger partial charge in [0.2, 0.25) is 0 Å². The Morgan fingerprint density at radius 3 is 2.64 bits per heavy atom. The van der Waals surface area contributed by atoms with E-state index in [0.29, 0.717) is 17.2 Å². The molecule has 0 amide bonds. The molecular formula is C18H20N2OS. The first-order valence-corrected chi connectivity index (χ1v) is 8.47. The van der Waals surface area contributed by atoms with Gasteiger partial charge in [0.15, 0.2) is 0 Å². The highest BCUT2D eigenvalue weighted by Crippen LogP contribution is 2.33. The summed E-state index contributed by atoms with van der Waals surface area (Å²) in [5, 5.41) is 14.5. The topological polar surface area (TPSA) is 46.0 Å². The van der Waals surface area contributed by atoms with Gasteiger partial charge in [0, 0.05) is 10.8 Å². The third-order valence-electron chi connectivity index (χ3n) is 3.96. The molecule has 22 heavy (non-hydrogen) atoms. The monoisotopic (exact) mass is 312 g/mol. The Balaban J connectivity index is 2.20. The molecule has 0 aliphatic carbocycles. The number of benzene rings is 1. The number of phenols is 1. The van der Waals surface area contributed by atoms with E-state index in [0.717, 1.165) is 39.3 Å². The number of aryl methyl sites for hydroxylation is 2. The Hall–Kier alpha value is -1.94. The molecule has 2 heterocycles. The zero-order chi connectivity index (χ0) is 15.9. The fraction of sp³-hybridized carbons (Fsp3) is 0.333. The zero-order valence-electron chi connectivity index (χ0n) is 13.3. The lowest BCUT2D eigenvalue weighted by Crippen LogP contribution is -1.93. The first kappa shape index (κ1) is 15.0. The lowest BCUT2D eigenvalue weighted by Gasteiger charge is -2.09. The molecule has 0 aliphatic heterocycles. The van der Waals surface area contributed by atoms with Crippen LogP contribution in [0.5, 0.6) is 5.75 Å². The molecule has 3 aromatic rings. The average Bonchev–Trinajstić information content (AvgIpc) is 2.98. The summed E-state index contributed by atoms with van der Waals surface area (Å²) in [7, 11) is 0. The average molecular weight is 312 g/mol. The SMILES string of the molecule is CCc1ccc2c(C)cc(-c3nc(C(C)C)cs3)nc2c1O. The molecule has 0 saturated heterocycles. The number of pyridine rings is 1. The van der Waals surface area contributed by atoms with Gasteiger partial charge in [-0.25, -0.2) is 9.97 Å². The van der Waals surface area contributed by atoms with Gasteiger partial charge in [0.05, 0.1) is 5.69 Å². The van der Waals surface area contributed by atoms with Crippen molar-refractivity contribution in [1.29, 1.82) is 0 Å². The molecule has 0 spiro atoms. The van der Waals surface area contributed by atoms with E-state index in [1.165, 1.54) is 0 Å². The van der Waals surface area contributed by atoms with Crippen LogP contribution < -0.4 is 0 Å².